The van der Waals surface area contributed by atoms with Gasteiger partial charge in [-0.15, -0.1) is 11.8 Å². The minimum Gasteiger partial charge on any atom is -0.497 e. The lowest BCUT2D eigenvalue weighted by molar-refractivity contribution is 0.0499. The van der Waals surface area contributed by atoms with E-state index in [0.29, 0.717) is 6.42 Å². The van der Waals surface area contributed by atoms with E-state index in [1.165, 1.54) is 0 Å². The van der Waals surface area contributed by atoms with E-state index >= 15 is 0 Å². The number of carbonyl (C=O) groups excluding carboxylic acids is 1. The number of benzene rings is 2. The Balaban J connectivity index is 2.08. The van der Waals surface area contributed by atoms with Crippen molar-refractivity contribution in [2.24, 2.45) is 0 Å². The molecule has 5 nitrogen and oxygen atoms in total. The monoisotopic (exact) mass is 417 g/mol. The van der Waals surface area contributed by atoms with Crippen molar-refractivity contribution in [3.63, 3.8) is 0 Å². The molecule has 0 aliphatic carbocycles. The number of methoxy groups -OCH3 is 1. The molecular weight excluding hydrogens is 386 g/mol. The van der Waals surface area contributed by atoms with E-state index in [1.54, 1.807) is 18.9 Å². The quantitative estimate of drug-likeness (QED) is 0.632. The summed E-state index contributed by atoms with van der Waals surface area (Å²) >= 11 is 1.61. The minimum atomic E-state index is -0.577. The number of hydrogen-bond acceptors (Lipinski definition) is 5. The molecule has 2 aromatic carbocycles. The first-order valence-corrected chi connectivity index (χ1v) is 10.7. The van der Waals surface area contributed by atoms with Crippen molar-refractivity contribution in [3.8, 4) is 5.75 Å². The van der Waals surface area contributed by atoms with Crippen LogP contribution in [0.4, 0.5) is 4.79 Å². The average molecular weight is 418 g/mol. The topological polar surface area (TPSA) is 67.8 Å². The van der Waals surface area contributed by atoms with E-state index in [1.807, 2.05) is 75.4 Å². The normalized spacial score (nSPS) is 13.4. The zero-order valence-electron chi connectivity index (χ0n) is 17.6. The van der Waals surface area contributed by atoms with Crippen molar-refractivity contribution in [1.82, 2.24) is 5.32 Å². The third-order valence-electron chi connectivity index (χ3n) is 4.25. The van der Waals surface area contributed by atoms with Crippen LogP contribution in [0, 0.1) is 0 Å². The van der Waals surface area contributed by atoms with Crippen molar-refractivity contribution in [2.45, 2.75) is 49.8 Å². The summed E-state index contributed by atoms with van der Waals surface area (Å²) in [5.74, 6) is 1.53. The fraction of sp³-hybridized carbons (Fsp3) is 0.435. The van der Waals surface area contributed by atoms with Crippen molar-refractivity contribution in [2.75, 3.05) is 13.7 Å². The van der Waals surface area contributed by atoms with Crippen LogP contribution in [-0.2, 0) is 16.9 Å². The third-order valence-corrected chi connectivity index (χ3v) is 5.66. The number of aliphatic hydroxyl groups excluding tert-OH is 1. The highest BCUT2D eigenvalue weighted by molar-refractivity contribution is 7.99. The Morgan fingerprint density at radius 1 is 1.07 bits per heavy atom. The van der Waals surface area contributed by atoms with Crippen molar-refractivity contribution >= 4 is 17.9 Å². The standard InChI is InChI=1S/C23H31NO4S/c1-23(2,3)28-22(26)24-20(14-17-8-6-5-7-9-17)21(15-25)29-16-18-10-12-19(27-4)13-11-18/h5-13,20-21,25H,14-16H2,1-4H3,(H,24,26)/t20-,21?/m0/s1. The summed E-state index contributed by atoms with van der Waals surface area (Å²) in [6, 6.07) is 17.5. The van der Waals surface area contributed by atoms with Crippen LogP contribution < -0.4 is 10.1 Å². The van der Waals surface area contributed by atoms with Crippen molar-refractivity contribution in [3.05, 3.63) is 65.7 Å². The van der Waals surface area contributed by atoms with Gasteiger partial charge < -0.3 is 19.9 Å². The van der Waals surface area contributed by atoms with E-state index in [9.17, 15) is 9.90 Å². The van der Waals surface area contributed by atoms with Crippen LogP contribution in [0.3, 0.4) is 0 Å². The average Bonchev–Trinajstić information content (AvgIpc) is 2.68. The number of rotatable bonds is 9. The molecule has 6 heteroatoms. The van der Waals surface area contributed by atoms with E-state index < -0.39 is 11.7 Å². The zero-order chi connectivity index (χ0) is 21.3. The van der Waals surface area contributed by atoms with Gasteiger partial charge >= 0.3 is 6.09 Å². The molecule has 2 rings (SSSR count). The van der Waals surface area contributed by atoms with Crippen LogP contribution in [0.2, 0.25) is 0 Å². The number of ether oxygens (including phenoxy) is 2. The number of thioether (sulfide) groups is 1. The lowest BCUT2D eigenvalue weighted by Crippen LogP contribution is -2.46. The highest BCUT2D eigenvalue weighted by atomic mass is 32.2. The maximum atomic E-state index is 12.4. The van der Waals surface area contributed by atoms with Crippen LogP contribution in [-0.4, -0.2) is 41.8 Å². The van der Waals surface area contributed by atoms with Gasteiger partial charge in [-0.05, 0) is 50.5 Å². The second kappa shape index (κ2) is 11.1. The van der Waals surface area contributed by atoms with Crippen LogP contribution in [0.15, 0.2) is 54.6 Å². The molecule has 0 radical (unpaired) electrons. The fourth-order valence-electron chi connectivity index (χ4n) is 2.82. The highest BCUT2D eigenvalue weighted by Gasteiger charge is 2.26. The molecule has 0 bridgehead atoms. The number of aliphatic hydroxyl groups is 1. The summed E-state index contributed by atoms with van der Waals surface area (Å²) in [6.45, 7) is 5.45. The van der Waals surface area contributed by atoms with Crippen LogP contribution in [0.5, 0.6) is 5.75 Å². The van der Waals surface area contributed by atoms with Gasteiger partial charge in [0.1, 0.15) is 11.4 Å². The Hall–Kier alpha value is -2.18. The predicted molar refractivity (Wildman–Crippen MR) is 118 cm³/mol. The Morgan fingerprint density at radius 3 is 2.28 bits per heavy atom. The smallest absolute Gasteiger partial charge is 0.407 e. The molecule has 0 saturated carbocycles. The molecule has 0 saturated heterocycles. The molecular formula is C23H31NO4S. The van der Waals surface area contributed by atoms with Gasteiger partial charge in [0.05, 0.1) is 19.8 Å². The zero-order valence-corrected chi connectivity index (χ0v) is 18.4. The summed E-state index contributed by atoms with van der Waals surface area (Å²) in [6.07, 6.45) is 0.142. The van der Waals surface area contributed by atoms with Crippen molar-refractivity contribution < 1.29 is 19.4 Å². The molecule has 29 heavy (non-hydrogen) atoms. The summed E-state index contributed by atoms with van der Waals surface area (Å²) in [5.41, 5.74) is 1.65. The van der Waals surface area contributed by atoms with Gasteiger partial charge in [0.25, 0.3) is 0 Å². The fourth-order valence-corrected chi connectivity index (χ4v) is 3.92. The highest BCUT2D eigenvalue weighted by Crippen LogP contribution is 2.24. The van der Waals surface area contributed by atoms with E-state index in [-0.39, 0.29) is 17.9 Å². The Bertz CT molecular complexity index is 744. The van der Waals surface area contributed by atoms with Crippen LogP contribution in [0.1, 0.15) is 31.9 Å². The first-order chi connectivity index (χ1) is 13.8. The minimum absolute atomic E-state index is 0.0475. The van der Waals surface area contributed by atoms with Gasteiger partial charge in [0.15, 0.2) is 0 Å². The lowest BCUT2D eigenvalue weighted by Gasteiger charge is -2.28. The summed E-state index contributed by atoms with van der Waals surface area (Å²) in [5, 5.41) is 12.8. The predicted octanol–water partition coefficient (Wildman–Crippen LogP) is 4.43. The van der Waals surface area contributed by atoms with Gasteiger partial charge in [-0.1, -0.05) is 42.5 Å². The molecule has 0 aromatic heterocycles. The SMILES string of the molecule is COc1ccc(CSC(CO)[C@H](Cc2ccccc2)NC(=O)OC(C)(C)C)cc1. The summed E-state index contributed by atoms with van der Waals surface area (Å²) in [4.78, 5) is 12.4. The Labute approximate surface area is 177 Å². The second-order valence-corrected chi connectivity index (χ2v) is 9.05. The number of alkyl carbamates (subject to hydrolysis) is 1. The van der Waals surface area contributed by atoms with Crippen LogP contribution >= 0.6 is 11.8 Å². The third kappa shape index (κ3) is 8.38. The lowest BCUT2D eigenvalue weighted by atomic mass is 10.0. The molecule has 0 heterocycles. The number of nitrogens with one attached hydrogen (secondary N) is 1. The maximum Gasteiger partial charge on any atom is 0.407 e. The molecule has 0 spiro atoms. The molecule has 2 aromatic rings. The summed E-state index contributed by atoms with van der Waals surface area (Å²) < 4.78 is 10.6. The molecule has 0 aliphatic rings. The van der Waals surface area contributed by atoms with E-state index in [2.05, 4.69) is 5.32 Å². The molecule has 2 N–H and O–H groups in total. The van der Waals surface area contributed by atoms with Crippen LogP contribution in [0.25, 0.3) is 0 Å². The largest absolute Gasteiger partial charge is 0.497 e. The van der Waals surface area contributed by atoms with Crippen molar-refractivity contribution in [1.29, 1.82) is 0 Å². The van der Waals surface area contributed by atoms with Gasteiger partial charge in [0.2, 0.25) is 0 Å². The molecule has 1 amide bonds. The van der Waals surface area contributed by atoms with E-state index in [0.717, 1.165) is 22.6 Å². The number of amides is 1. The summed E-state index contributed by atoms with van der Waals surface area (Å²) in [7, 11) is 1.64. The van der Waals surface area contributed by atoms with Gasteiger partial charge in [-0.2, -0.15) is 0 Å². The second-order valence-electron chi connectivity index (χ2n) is 7.82. The van der Waals surface area contributed by atoms with Gasteiger partial charge in [-0.3, -0.25) is 0 Å². The molecule has 158 valence electrons. The molecule has 0 aliphatic heterocycles. The van der Waals surface area contributed by atoms with Gasteiger partial charge in [-0.25, -0.2) is 4.79 Å². The molecule has 1 unspecified atom stereocenters. The number of hydrogen-bond donors (Lipinski definition) is 2. The molecule has 2 atom stereocenters. The van der Waals surface area contributed by atoms with Gasteiger partial charge in [0, 0.05) is 11.0 Å². The first kappa shape index (κ1) is 23.1. The first-order valence-electron chi connectivity index (χ1n) is 9.69. The number of carbonyl (C=O) groups is 1. The molecule has 0 fully saturated rings. The van der Waals surface area contributed by atoms with E-state index in [4.69, 9.17) is 9.47 Å². The maximum absolute atomic E-state index is 12.4. The Kier molecular flexibility index (Phi) is 8.86. The Morgan fingerprint density at radius 2 is 1.72 bits per heavy atom.